The summed E-state index contributed by atoms with van der Waals surface area (Å²) in [5.74, 6) is 0.940. The highest BCUT2D eigenvalue weighted by Crippen LogP contribution is 2.31. The van der Waals surface area contributed by atoms with Crippen molar-refractivity contribution >= 4 is 16.4 Å². The van der Waals surface area contributed by atoms with Crippen molar-refractivity contribution in [2.45, 2.75) is 44.2 Å². The number of fused-ring (bicyclic) bond motifs is 3. The predicted octanol–water partition coefficient (Wildman–Crippen LogP) is 4.34. The SMILES string of the molecule is c1ccc2c(c1)c(-c1ccc(OC3CCN(C4CCC4)CC3)cc1)nn1cnnc21. The standard InChI is InChI=1S/C24H25N5O/c1-2-7-22-21(6-1)23(27-29-16-25-26-24(22)29)17-8-10-19(11-9-17)30-20-12-14-28(15-13-20)18-4-3-5-18/h1-2,6-11,16,18,20H,3-5,12-15H2. The van der Waals surface area contributed by atoms with Crippen LogP contribution in [-0.4, -0.2) is 49.9 Å². The molecule has 0 spiro atoms. The summed E-state index contributed by atoms with van der Waals surface area (Å²) in [7, 11) is 0. The Balaban J connectivity index is 1.22. The summed E-state index contributed by atoms with van der Waals surface area (Å²) in [6.45, 7) is 2.34. The van der Waals surface area contributed by atoms with E-state index in [2.05, 4.69) is 51.5 Å². The highest BCUT2D eigenvalue weighted by molar-refractivity contribution is 6.01. The van der Waals surface area contributed by atoms with Gasteiger partial charge in [0, 0.05) is 35.5 Å². The fourth-order valence-electron chi connectivity index (χ4n) is 4.73. The van der Waals surface area contributed by atoms with Crippen LogP contribution in [-0.2, 0) is 0 Å². The van der Waals surface area contributed by atoms with Crippen LogP contribution >= 0.6 is 0 Å². The summed E-state index contributed by atoms with van der Waals surface area (Å²) in [5.41, 5.74) is 2.77. The largest absolute Gasteiger partial charge is 0.490 e. The molecule has 1 saturated carbocycles. The van der Waals surface area contributed by atoms with Crippen LogP contribution in [0, 0.1) is 0 Å². The molecule has 1 aliphatic carbocycles. The van der Waals surface area contributed by atoms with Crippen LogP contribution in [0.3, 0.4) is 0 Å². The number of piperidine rings is 1. The Bertz CT molecular complexity index is 1170. The molecule has 4 aromatic rings. The first-order valence-electron chi connectivity index (χ1n) is 10.9. The van der Waals surface area contributed by atoms with E-state index in [9.17, 15) is 0 Å². The minimum Gasteiger partial charge on any atom is -0.490 e. The molecule has 6 nitrogen and oxygen atoms in total. The molecule has 2 aromatic carbocycles. The van der Waals surface area contributed by atoms with Crippen molar-refractivity contribution in [3.8, 4) is 17.0 Å². The molecule has 30 heavy (non-hydrogen) atoms. The molecule has 6 heteroatoms. The zero-order valence-corrected chi connectivity index (χ0v) is 16.9. The number of likely N-dealkylation sites (tertiary alicyclic amines) is 1. The highest BCUT2D eigenvalue weighted by atomic mass is 16.5. The number of hydrogen-bond donors (Lipinski definition) is 0. The molecule has 6 rings (SSSR count). The maximum Gasteiger partial charge on any atom is 0.185 e. The molecule has 0 N–H and O–H groups in total. The Morgan fingerprint density at radius 2 is 1.63 bits per heavy atom. The summed E-state index contributed by atoms with van der Waals surface area (Å²) in [4.78, 5) is 2.66. The fraction of sp³-hybridized carbons (Fsp3) is 0.375. The highest BCUT2D eigenvalue weighted by Gasteiger charge is 2.29. The molecule has 2 fully saturated rings. The Kier molecular flexibility index (Phi) is 4.38. The van der Waals surface area contributed by atoms with Gasteiger partial charge in [0.2, 0.25) is 0 Å². The van der Waals surface area contributed by atoms with Gasteiger partial charge in [-0.3, -0.25) is 0 Å². The van der Waals surface area contributed by atoms with Crippen molar-refractivity contribution in [1.82, 2.24) is 24.7 Å². The second-order valence-electron chi connectivity index (χ2n) is 8.46. The van der Waals surface area contributed by atoms with Gasteiger partial charge in [-0.15, -0.1) is 10.2 Å². The van der Waals surface area contributed by atoms with E-state index in [1.807, 2.05) is 12.1 Å². The minimum absolute atomic E-state index is 0.319. The molecule has 1 aliphatic heterocycles. The van der Waals surface area contributed by atoms with Gasteiger partial charge in [0.25, 0.3) is 0 Å². The first-order valence-corrected chi connectivity index (χ1v) is 10.9. The first-order chi connectivity index (χ1) is 14.8. The summed E-state index contributed by atoms with van der Waals surface area (Å²) >= 11 is 0. The van der Waals surface area contributed by atoms with Crippen LogP contribution in [0.15, 0.2) is 54.9 Å². The van der Waals surface area contributed by atoms with Gasteiger partial charge in [-0.2, -0.15) is 9.61 Å². The van der Waals surface area contributed by atoms with Crippen LogP contribution in [0.1, 0.15) is 32.1 Å². The van der Waals surface area contributed by atoms with Crippen molar-refractivity contribution < 1.29 is 4.74 Å². The molecule has 0 unspecified atom stereocenters. The molecule has 2 aromatic heterocycles. The lowest BCUT2D eigenvalue weighted by Crippen LogP contribution is -2.46. The van der Waals surface area contributed by atoms with Crippen molar-refractivity contribution in [2.75, 3.05) is 13.1 Å². The summed E-state index contributed by atoms with van der Waals surface area (Å²) < 4.78 is 8.05. The van der Waals surface area contributed by atoms with Crippen LogP contribution in [0.5, 0.6) is 5.75 Å². The van der Waals surface area contributed by atoms with Gasteiger partial charge in [0.15, 0.2) is 5.65 Å². The molecule has 1 saturated heterocycles. The fourth-order valence-corrected chi connectivity index (χ4v) is 4.73. The number of aromatic nitrogens is 4. The summed E-state index contributed by atoms with van der Waals surface area (Å²) in [6, 6.07) is 17.4. The van der Waals surface area contributed by atoms with E-state index < -0.39 is 0 Å². The second-order valence-corrected chi connectivity index (χ2v) is 8.46. The van der Waals surface area contributed by atoms with Crippen LogP contribution in [0.2, 0.25) is 0 Å². The Hall–Kier alpha value is -2.99. The molecule has 0 bridgehead atoms. The van der Waals surface area contributed by atoms with E-state index in [1.165, 1.54) is 32.4 Å². The molecule has 152 valence electrons. The first kappa shape index (κ1) is 17.8. The molecule has 0 atom stereocenters. The third kappa shape index (κ3) is 3.12. The smallest absolute Gasteiger partial charge is 0.185 e. The van der Waals surface area contributed by atoms with Gasteiger partial charge in [-0.25, -0.2) is 0 Å². The van der Waals surface area contributed by atoms with Crippen LogP contribution in [0.4, 0.5) is 0 Å². The molecule has 2 aliphatic rings. The average Bonchev–Trinajstić information content (AvgIpc) is 3.23. The number of ether oxygens (including phenoxy) is 1. The zero-order valence-electron chi connectivity index (χ0n) is 16.9. The van der Waals surface area contributed by atoms with E-state index >= 15 is 0 Å². The van der Waals surface area contributed by atoms with Gasteiger partial charge < -0.3 is 9.64 Å². The maximum atomic E-state index is 6.30. The van der Waals surface area contributed by atoms with Crippen molar-refractivity contribution in [1.29, 1.82) is 0 Å². The molecular weight excluding hydrogens is 374 g/mol. The summed E-state index contributed by atoms with van der Waals surface area (Å²) in [5, 5.41) is 15.1. The minimum atomic E-state index is 0.319. The van der Waals surface area contributed by atoms with Crippen molar-refractivity contribution in [3.05, 3.63) is 54.9 Å². The lowest BCUT2D eigenvalue weighted by atomic mass is 9.90. The van der Waals surface area contributed by atoms with E-state index in [4.69, 9.17) is 9.84 Å². The van der Waals surface area contributed by atoms with E-state index in [-0.39, 0.29) is 0 Å². The van der Waals surface area contributed by atoms with Crippen molar-refractivity contribution in [3.63, 3.8) is 0 Å². The third-order valence-electron chi connectivity index (χ3n) is 6.66. The monoisotopic (exact) mass is 399 g/mol. The second kappa shape index (κ2) is 7.36. The number of benzene rings is 2. The third-order valence-corrected chi connectivity index (χ3v) is 6.66. The van der Waals surface area contributed by atoms with Gasteiger partial charge >= 0.3 is 0 Å². The number of rotatable bonds is 4. The number of nitrogens with zero attached hydrogens (tertiary/aromatic N) is 5. The zero-order chi connectivity index (χ0) is 19.9. The average molecular weight is 399 g/mol. The quantitative estimate of drug-likeness (QED) is 0.511. The molecular formula is C24H25N5O. The van der Waals surface area contributed by atoms with E-state index in [1.54, 1.807) is 10.8 Å². The Morgan fingerprint density at radius 3 is 2.37 bits per heavy atom. The maximum absolute atomic E-state index is 6.30. The topological polar surface area (TPSA) is 55.5 Å². The Morgan fingerprint density at radius 1 is 0.867 bits per heavy atom. The predicted molar refractivity (Wildman–Crippen MR) is 117 cm³/mol. The lowest BCUT2D eigenvalue weighted by molar-refractivity contribution is 0.0493. The summed E-state index contributed by atoms with van der Waals surface area (Å²) in [6.07, 6.45) is 8.39. The van der Waals surface area contributed by atoms with E-state index in [0.29, 0.717) is 6.10 Å². The normalized spacial score (nSPS) is 18.7. The van der Waals surface area contributed by atoms with Gasteiger partial charge in [-0.1, -0.05) is 30.7 Å². The number of hydrogen-bond acceptors (Lipinski definition) is 5. The lowest BCUT2D eigenvalue weighted by Gasteiger charge is -2.41. The van der Waals surface area contributed by atoms with Gasteiger partial charge in [0.05, 0.1) is 5.69 Å². The van der Waals surface area contributed by atoms with Crippen LogP contribution in [0.25, 0.3) is 27.7 Å². The molecule has 3 heterocycles. The Labute approximate surface area is 175 Å². The van der Waals surface area contributed by atoms with E-state index in [0.717, 1.165) is 52.3 Å². The van der Waals surface area contributed by atoms with Gasteiger partial charge in [-0.05, 0) is 49.9 Å². The van der Waals surface area contributed by atoms with Crippen molar-refractivity contribution in [2.24, 2.45) is 0 Å². The molecule has 0 amide bonds. The molecule has 0 radical (unpaired) electrons. The van der Waals surface area contributed by atoms with Gasteiger partial charge in [0.1, 0.15) is 18.2 Å². The van der Waals surface area contributed by atoms with Crippen LogP contribution < -0.4 is 4.74 Å².